The second-order valence-electron chi connectivity index (χ2n) is 3.46. The van der Waals surface area contributed by atoms with E-state index in [9.17, 15) is 10.1 Å². The van der Waals surface area contributed by atoms with E-state index in [4.69, 9.17) is 16.3 Å². The summed E-state index contributed by atoms with van der Waals surface area (Å²) in [4.78, 5) is 13.8. The first-order valence-electron chi connectivity index (χ1n) is 5.14. The Morgan fingerprint density at radius 1 is 1.28 bits per heavy atom. The van der Waals surface area contributed by atoms with E-state index in [1.165, 1.54) is 12.3 Å². The average molecular weight is 265 g/mol. The van der Waals surface area contributed by atoms with E-state index >= 15 is 0 Å². The van der Waals surface area contributed by atoms with E-state index in [0.29, 0.717) is 5.02 Å². The molecule has 0 saturated carbocycles. The van der Waals surface area contributed by atoms with E-state index < -0.39 is 4.92 Å². The molecule has 18 heavy (non-hydrogen) atoms. The number of aromatic nitrogens is 1. The van der Waals surface area contributed by atoms with Gasteiger partial charge >= 0.3 is 5.82 Å². The summed E-state index contributed by atoms with van der Waals surface area (Å²) >= 11 is 5.96. The fourth-order valence-electron chi connectivity index (χ4n) is 1.40. The summed E-state index contributed by atoms with van der Waals surface area (Å²) in [5.41, 5.74) is 0.761. The molecule has 1 aromatic heterocycles. The van der Waals surface area contributed by atoms with E-state index in [1.54, 1.807) is 24.3 Å². The zero-order valence-corrected chi connectivity index (χ0v) is 10.0. The Bertz CT molecular complexity index is 575. The molecule has 92 valence electrons. The van der Waals surface area contributed by atoms with Gasteiger partial charge in [-0.25, -0.2) is 0 Å². The van der Waals surface area contributed by atoms with Crippen molar-refractivity contribution in [2.75, 3.05) is 0 Å². The maximum absolute atomic E-state index is 10.7. The van der Waals surface area contributed by atoms with Crippen molar-refractivity contribution in [1.29, 1.82) is 0 Å². The molecule has 0 aliphatic heterocycles. The molecule has 0 spiro atoms. The van der Waals surface area contributed by atoms with Crippen LogP contribution in [0.2, 0.25) is 5.02 Å². The molecular formula is C12H9ClN2O3. The summed E-state index contributed by atoms with van der Waals surface area (Å²) in [6.07, 6.45) is 1.35. The van der Waals surface area contributed by atoms with Crippen molar-refractivity contribution in [2.45, 2.75) is 6.61 Å². The van der Waals surface area contributed by atoms with Gasteiger partial charge < -0.3 is 14.9 Å². The van der Waals surface area contributed by atoms with Gasteiger partial charge in [-0.1, -0.05) is 29.8 Å². The molecule has 0 saturated heterocycles. The molecule has 2 rings (SSSR count). The summed E-state index contributed by atoms with van der Waals surface area (Å²) in [5.74, 6) is -0.174. The minimum Gasteiger partial charge on any atom is -0.481 e. The molecule has 5 nitrogen and oxygen atoms in total. The lowest BCUT2D eigenvalue weighted by Crippen LogP contribution is -2.00. The standard InChI is InChI=1S/C12H9ClN2O3/c13-10-5-2-1-4-9(10)8-18-11-6-3-7-14-12(11)15(16)17/h1-7H,8H2. The monoisotopic (exact) mass is 264 g/mol. The third-order valence-electron chi connectivity index (χ3n) is 2.26. The summed E-state index contributed by atoms with van der Waals surface area (Å²) in [6.45, 7) is 0.159. The van der Waals surface area contributed by atoms with Crippen LogP contribution >= 0.6 is 11.6 Å². The Balaban J connectivity index is 2.16. The second-order valence-corrected chi connectivity index (χ2v) is 3.87. The number of hydrogen-bond donors (Lipinski definition) is 0. The summed E-state index contributed by atoms with van der Waals surface area (Å²) in [6, 6.07) is 10.2. The lowest BCUT2D eigenvalue weighted by Gasteiger charge is -2.07. The highest BCUT2D eigenvalue weighted by atomic mass is 35.5. The minimum absolute atomic E-state index is 0.127. The van der Waals surface area contributed by atoms with Crippen LogP contribution in [-0.4, -0.2) is 9.91 Å². The van der Waals surface area contributed by atoms with Gasteiger partial charge in [-0.2, -0.15) is 0 Å². The number of pyridine rings is 1. The van der Waals surface area contributed by atoms with Crippen LogP contribution in [0.4, 0.5) is 5.82 Å². The van der Waals surface area contributed by atoms with Crippen molar-refractivity contribution in [3.8, 4) is 5.75 Å². The highest BCUT2D eigenvalue weighted by Crippen LogP contribution is 2.25. The topological polar surface area (TPSA) is 65.3 Å². The van der Waals surface area contributed by atoms with E-state index in [2.05, 4.69) is 4.98 Å². The summed E-state index contributed by atoms with van der Waals surface area (Å²) in [5, 5.41) is 11.3. The number of benzene rings is 1. The number of halogens is 1. The van der Waals surface area contributed by atoms with Crippen LogP contribution in [0.3, 0.4) is 0 Å². The van der Waals surface area contributed by atoms with Gasteiger partial charge in [0.15, 0.2) is 0 Å². The molecule has 1 aromatic carbocycles. The molecule has 0 fully saturated rings. The van der Waals surface area contributed by atoms with E-state index in [1.807, 2.05) is 6.07 Å². The minimum atomic E-state index is -0.581. The van der Waals surface area contributed by atoms with Gasteiger partial charge in [0, 0.05) is 10.6 Å². The second kappa shape index (κ2) is 5.46. The van der Waals surface area contributed by atoms with Gasteiger partial charge in [-0.15, -0.1) is 0 Å². The fraction of sp³-hybridized carbons (Fsp3) is 0.0833. The highest BCUT2D eigenvalue weighted by molar-refractivity contribution is 6.31. The predicted octanol–water partition coefficient (Wildman–Crippen LogP) is 3.22. The molecule has 6 heteroatoms. The van der Waals surface area contributed by atoms with Crippen LogP contribution in [-0.2, 0) is 6.61 Å². The van der Waals surface area contributed by atoms with Crippen molar-refractivity contribution in [3.63, 3.8) is 0 Å². The largest absolute Gasteiger partial charge is 0.481 e. The smallest absolute Gasteiger partial charge is 0.406 e. The first kappa shape index (κ1) is 12.3. The van der Waals surface area contributed by atoms with Gasteiger partial charge in [0.1, 0.15) is 12.8 Å². The molecule has 1 heterocycles. The molecule has 0 aliphatic carbocycles. The predicted molar refractivity (Wildman–Crippen MR) is 66.7 cm³/mol. The summed E-state index contributed by atoms with van der Waals surface area (Å²) < 4.78 is 5.38. The first-order chi connectivity index (χ1) is 8.68. The van der Waals surface area contributed by atoms with Crippen molar-refractivity contribution in [2.24, 2.45) is 0 Å². The molecule has 2 aromatic rings. The molecule has 0 bridgehead atoms. The normalized spacial score (nSPS) is 10.1. The van der Waals surface area contributed by atoms with Crippen molar-refractivity contribution in [3.05, 3.63) is 63.3 Å². The van der Waals surface area contributed by atoms with Gasteiger partial charge in [0.05, 0.1) is 0 Å². The zero-order chi connectivity index (χ0) is 13.0. The van der Waals surface area contributed by atoms with Crippen molar-refractivity contribution in [1.82, 2.24) is 4.98 Å². The van der Waals surface area contributed by atoms with E-state index in [-0.39, 0.29) is 18.2 Å². The number of hydrogen-bond acceptors (Lipinski definition) is 4. The van der Waals surface area contributed by atoms with Gasteiger partial charge in [-0.3, -0.25) is 0 Å². The highest BCUT2D eigenvalue weighted by Gasteiger charge is 2.15. The number of ether oxygens (including phenoxy) is 1. The molecule has 0 amide bonds. The van der Waals surface area contributed by atoms with Gasteiger partial charge in [-0.05, 0) is 28.1 Å². The lowest BCUT2D eigenvalue weighted by molar-refractivity contribution is -0.390. The van der Waals surface area contributed by atoms with Crippen molar-refractivity contribution >= 4 is 17.4 Å². The van der Waals surface area contributed by atoms with Crippen LogP contribution < -0.4 is 4.74 Å². The van der Waals surface area contributed by atoms with Gasteiger partial charge in [0.2, 0.25) is 5.75 Å². The Labute approximate surface area is 108 Å². The van der Waals surface area contributed by atoms with Crippen LogP contribution in [0, 0.1) is 10.1 Å². The molecule has 0 atom stereocenters. The van der Waals surface area contributed by atoms with E-state index in [0.717, 1.165) is 5.56 Å². The number of nitro groups is 1. The number of nitrogens with zero attached hydrogens (tertiary/aromatic N) is 2. The third kappa shape index (κ3) is 2.75. The molecule has 0 aliphatic rings. The quantitative estimate of drug-likeness (QED) is 0.628. The fourth-order valence-corrected chi connectivity index (χ4v) is 1.59. The zero-order valence-electron chi connectivity index (χ0n) is 9.25. The number of rotatable bonds is 4. The SMILES string of the molecule is O=[N+]([O-])c1ncccc1OCc1ccccc1Cl. The van der Waals surface area contributed by atoms with Crippen LogP contribution in [0.1, 0.15) is 5.56 Å². The molecule has 0 radical (unpaired) electrons. The third-order valence-corrected chi connectivity index (χ3v) is 2.63. The maximum atomic E-state index is 10.7. The average Bonchev–Trinajstić information content (AvgIpc) is 2.38. The maximum Gasteiger partial charge on any atom is 0.406 e. The van der Waals surface area contributed by atoms with Crippen LogP contribution in [0.25, 0.3) is 0 Å². The van der Waals surface area contributed by atoms with Crippen molar-refractivity contribution < 1.29 is 9.66 Å². The van der Waals surface area contributed by atoms with Crippen LogP contribution in [0.15, 0.2) is 42.6 Å². The summed E-state index contributed by atoms with van der Waals surface area (Å²) in [7, 11) is 0. The Kier molecular flexibility index (Phi) is 3.74. The molecular weight excluding hydrogens is 256 g/mol. The Morgan fingerprint density at radius 2 is 2.06 bits per heavy atom. The Morgan fingerprint density at radius 3 is 2.78 bits per heavy atom. The Hall–Kier alpha value is -2.14. The van der Waals surface area contributed by atoms with Gasteiger partial charge in [0.25, 0.3) is 0 Å². The lowest BCUT2D eigenvalue weighted by atomic mass is 10.2. The molecule has 0 N–H and O–H groups in total. The van der Waals surface area contributed by atoms with Crippen LogP contribution in [0.5, 0.6) is 5.75 Å². The first-order valence-corrected chi connectivity index (χ1v) is 5.52. The molecule has 0 unspecified atom stereocenters.